The molecule has 0 aliphatic carbocycles. The van der Waals surface area contributed by atoms with E-state index in [-0.39, 0.29) is 35.9 Å². The summed E-state index contributed by atoms with van der Waals surface area (Å²) in [5.41, 5.74) is 0.863. The van der Waals surface area contributed by atoms with Gasteiger partial charge in [-0.25, -0.2) is 0 Å². The molecular formula is C15H25IN4O3. The monoisotopic (exact) mass is 436 g/mol. The molecule has 0 saturated carbocycles. The number of aliphatic imine (C=N–C) groups is 1. The van der Waals surface area contributed by atoms with Gasteiger partial charge in [-0.1, -0.05) is 5.16 Å². The van der Waals surface area contributed by atoms with Crippen molar-refractivity contribution in [2.24, 2.45) is 10.9 Å². The highest BCUT2D eigenvalue weighted by molar-refractivity contribution is 14.0. The number of hydrogen-bond donors (Lipinski definition) is 1. The zero-order chi connectivity index (χ0) is 15.9. The summed E-state index contributed by atoms with van der Waals surface area (Å²) in [6.07, 6.45) is 1.59. The minimum atomic E-state index is -0.0813. The number of nitrogens with one attached hydrogen (secondary N) is 1. The minimum Gasteiger partial charge on any atom is -0.466 e. The van der Waals surface area contributed by atoms with Crippen molar-refractivity contribution in [2.75, 3.05) is 26.7 Å². The summed E-state index contributed by atoms with van der Waals surface area (Å²) in [6, 6.07) is 1.90. The standard InChI is InChI=1S/C15H24N4O3.HI/c1-4-21-14(20)12-5-7-19(8-6-12)15(16-3)17-10-13-9-11(2)18-22-13;/h9,12H,4-8,10H2,1-3H3,(H,16,17);1H. The van der Waals surface area contributed by atoms with Gasteiger partial charge in [0.05, 0.1) is 24.8 Å². The van der Waals surface area contributed by atoms with Gasteiger partial charge in [-0.2, -0.15) is 0 Å². The molecule has 0 unspecified atom stereocenters. The number of carbonyl (C=O) groups excluding carboxylic acids is 1. The fourth-order valence-electron chi connectivity index (χ4n) is 2.59. The number of likely N-dealkylation sites (tertiary alicyclic amines) is 1. The van der Waals surface area contributed by atoms with Crippen LogP contribution in [0.25, 0.3) is 0 Å². The Morgan fingerprint density at radius 3 is 2.74 bits per heavy atom. The molecule has 130 valence electrons. The highest BCUT2D eigenvalue weighted by Gasteiger charge is 2.27. The molecule has 7 nitrogen and oxygen atoms in total. The molecule has 1 fully saturated rings. The van der Waals surface area contributed by atoms with Gasteiger partial charge in [-0.05, 0) is 26.7 Å². The third-order valence-electron chi connectivity index (χ3n) is 3.72. The maximum Gasteiger partial charge on any atom is 0.309 e. The summed E-state index contributed by atoms with van der Waals surface area (Å²) >= 11 is 0. The second-order valence-corrected chi connectivity index (χ2v) is 5.35. The third-order valence-corrected chi connectivity index (χ3v) is 3.72. The fourth-order valence-corrected chi connectivity index (χ4v) is 2.59. The van der Waals surface area contributed by atoms with Crippen LogP contribution in [0.1, 0.15) is 31.2 Å². The first kappa shape index (κ1) is 19.7. The van der Waals surface area contributed by atoms with E-state index in [2.05, 4.69) is 20.4 Å². The molecule has 1 aliphatic rings. The molecule has 1 aromatic rings. The second-order valence-electron chi connectivity index (χ2n) is 5.35. The number of hydrogen-bond acceptors (Lipinski definition) is 5. The Bertz CT molecular complexity index is 525. The van der Waals surface area contributed by atoms with Crippen LogP contribution in [-0.4, -0.2) is 48.7 Å². The van der Waals surface area contributed by atoms with Crippen molar-refractivity contribution in [1.82, 2.24) is 15.4 Å². The van der Waals surface area contributed by atoms with Gasteiger partial charge in [0.1, 0.15) is 0 Å². The number of nitrogens with zero attached hydrogens (tertiary/aromatic N) is 3. The van der Waals surface area contributed by atoms with Crippen LogP contribution in [0.4, 0.5) is 0 Å². The first-order valence-corrected chi connectivity index (χ1v) is 7.68. The molecule has 0 atom stereocenters. The van der Waals surface area contributed by atoms with E-state index in [0.29, 0.717) is 13.2 Å². The quantitative estimate of drug-likeness (QED) is 0.337. The Balaban J connectivity index is 0.00000264. The molecule has 2 heterocycles. The molecule has 0 bridgehead atoms. The number of carbonyl (C=O) groups is 1. The largest absolute Gasteiger partial charge is 0.466 e. The lowest BCUT2D eigenvalue weighted by Crippen LogP contribution is -2.46. The molecule has 23 heavy (non-hydrogen) atoms. The molecule has 1 aromatic heterocycles. The average molecular weight is 436 g/mol. The van der Waals surface area contributed by atoms with E-state index in [1.54, 1.807) is 7.05 Å². The van der Waals surface area contributed by atoms with E-state index in [0.717, 1.165) is 43.3 Å². The van der Waals surface area contributed by atoms with Crippen molar-refractivity contribution in [3.05, 3.63) is 17.5 Å². The van der Waals surface area contributed by atoms with Gasteiger partial charge < -0.3 is 19.5 Å². The smallest absolute Gasteiger partial charge is 0.309 e. The normalized spacial score (nSPS) is 16.0. The molecule has 0 spiro atoms. The topological polar surface area (TPSA) is 80.0 Å². The van der Waals surface area contributed by atoms with Gasteiger partial charge in [-0.15, -0.1) is 24.0 Å². The molecule has 1 saturated heterocycles. The number of aromatic nitrogens is 1. The lowest BCUT2D eigenvalue weighted by Gasteiger charge is -2.33. The van der Waals surface area contributed by atoms with Gasteiger partial charge in [0.15, 0.2) is 11.7 Å². The molecule has 2 rings (SSSR count). The molecule has 0 aromatic carbocycles. The SMILES string of the molecule is CCOC(=O)C1CCN(C(=NC)NCc2cc(C)no2)CC1.I. The third kappa shape index (κ3) is 5.67. The summed E-state index contributed by atoms with van der Waals surface area (Å²) in [6.45, 7) is 6.30. The zero-order valence-corrected chi connectivity index (χ0v) is 16.2. The first-order chi connectivity index (χ1) is 10.6. The summed E-state index contributed by atoms with van der Waals surface area (Å²) in [5.74, 6) is 1.52. The predicted molar refractivity (Wildman–Crippen MR) is 97.8 cm³/mol. The first-order valence-electron chi connectivity index (χ1n) is 7.68. The maximum atomic E-state index is 11.8. The zero-order valence-electron chi connectivity index (χ0n) is 13.9. The Labute approximate surface area is 153 Å². The number of ether oxygens (including phenoxy) is 1. The Morgan fingerprint density at radius 2 is 2.22 bits per heavy atom. The number of rotatable bonds is 4. The number of piperidine rings is 1. The lowest BCUT2D eigenvalue weighted by molar-refractivity contribution is -0.149. The lowest BCUT2D eigenvalue weighted by atomic mass is 9.97. The Hall–Kier alpha value is -1.32. The van der Waals surface area contributed by atoms with Crippen molar-refractivity contribution >= 4 is 35.9 Å². The van der Waals surface area contributed by atoms with Gasteiger partial charge >= 0.3 is 5.97 Å². The van der Waals surface area contributed by atoms with Crippen LogP contribution in [0, 0.1) is 12.8 Å². The van der Waals surface area contributed by atoms with Crippen LogP contribution in [-0.2, 0) is 16.1 Å². The number of aryl methyl sites for hydroxylation is 1. The van der Waals surface area contributed by atoms with Gasteiger partial charge in [0.2, 0.25) is 0 Å². The molecule has 1 N–H and O–H groups in total. The minimum absolute atomic E-state index is 0. The molecular weight excluding hydrogens is 411 g/mol. The van der Waals surface area contributed by atoms with E-state index in [4.69, 9.17) is 9.26 Å². The van der Waals surface area contributed by atoms with Crippen molar-refractivity contribution in [3.63, 3.8) is 0 Å². The van der Waals surface area contributed by atoms with Crippen molar-refractivity contribution in [1.29, 1.82) is 0 Å². The highest BCUT2D eigenvalue weighted by atomic mass is 127. The number of esters is 1. The van der Waals surface area contributed by atoms with Crippen LogP contribution in [0.5, 0.6) is 0 Å². The van der Waals surface area contributed by atoms with Crippen LogP contribution in [0.15, 0.2) is 15.6 Å². The summed E-state index contributed by atoms with van der Waals surface area (Å²) in [7, 11) is 1.76. The van der Waals surface area contributed by atoms with E-state index in [1.807, 2.05) is 19.9 Å². The maximum absolute atomic E-state index is 11.8. The van der Waals surface area contributed by atoms with Crippen LogP contribution in [0.2, 0.25) is 0 Å². The molecule has 0 radical (unpaired) electrons. The predicted octanol–water partition coefficient (Wildman–Crippen LogP) is 1.95. The molecule has 8 heteroatoms. The van der Waals surface area contributed by atoms with Crippen molar-refractivity contribution < 1.29 is 14.1 Å². The fraction of sp³-hybridized carbons (Fsp3) is 0.667. The molecule has 1 aliphatic heterocycles. The second kappa shape index (κ2) is 9.74. The van der Waals surface area contributed by atoms with Crippen LogP contribution < -0.4 is 5.32 Å². The number of guanidine groups is 1. The van der Waals surface area contributed by atoms with E-state index >= 15 is 0 Å². The van der Waals surface area contributed by atoms with Crippen molar-refractivity contribution in [2.45, 2.75) is 33.2 Å². The molecule has 0 amide bonds. The van der Waals surface area contributed by atoms with E-state index in [1.165, 1.54) is 0 Å². The highest BCUT2D eigenvalue weighted by Crippen LogP contribution is 2.18. The van der Waals surface area contributed by atoms with E-state index < -0.39 is 0 Å². The van der Waals surface area contributed by atoms with Crippen LogP contribution in [0.3, 0.4) is 0 Å². The summed E-state index contributed by atoms with van der Waals surface area (Å²) in [4.78, 5) is 18.2. The van der Waals surface area contributed by atoms with E-state index in [9.17, 15) is 4.79 Å². The van der Waals surface area contributed by atoms with Gasteiger partial charge in [0.25, 0.3) is 0 Å². The number of halogens is 1. The van der Waals surface area contributed by atoms with Crippen molar-refractivity contribution in [3.8, 4) is 0 Å². The Morgan fingerprint density at radius 1 is 1.52 bits per heavy atom. The average Bonchev–Trinajstić information content (AvgIpc) is 2.94. The van der Waals surface area contributed by atoms with Gasteiger partial charge in [0, 0.05) is 26.2 Å². The van der Waals surface area contributed by atoms with Crippen LogP contribution >= 0.6 is 24.0 Å². The van der Waals surface area contributed by atoms with Gasteiger partial charge in [-0.3, -0.25) is 9.79 Å². The Kier molecular flexibility index (Phi) is 8.35. The summed E-state index contributed by atoms with van der Waals surface area (Å²) in [5, 5.41) is 7.12. The summed E-state index contributed by atoms with van der Waals surface area (Å²) < 4.78 is 10.3.